The molecule has 1 fully saturated rings. The van der Waals surface area contributed by atoms with Crippen LogP contribution < -0.4 is 0 Å². The Bertz CT molecular complexity index is 833. The van der Waals surface area contributed by atoms with Crippen molar-refractivity contribution in [2.45, 2.75) is 66.3 Å². The lowest BCUT2D eigenvalue weighted by molar-refractivity contribution is 0.0273. The molecule has 1 aliphatic rings. The number of hydrogen-bond acceptors (Lipinski definition) is 3. The molecule has 0 spiro atoms. The van der Waals surface area contributed by atoms with Crippen molar-refractivity contribution in [1.82, 2.24) is 0 Å². The van der Waals surface area contributed by atoms with Crippen LogP contribution in [-0.4, -0.2) is 25.8 Å². The van der Waals surface area contributed by atoms with E-state index in [9.17, 15) is 0 Å². The lowest BCUT2D eigenvalue weighted by atomic mass is 9.45. The number of benzene rings is 1. The van der Waals surface area contributed by atoms with Gasteiger partial charge in [0.2, 0.25) is 0 Å². The molecule has 1 saturated heterocycles. The minimum absolute atomic E-state index is 0.0523. The van der Waals surface area contributed by atoms with Gasteiger partial charge < -0.3 is 9.39 Å². The molecular formula is C25H36BNO2. The van der Waals surface area contributed by atoms with E-state index in [4.69, 9.17) is 14.4 Å². The Balaban J connectivity index is 2.32. The van der Waals surface area contributed by atoms with Crippen LogP contribution in [0.15, 0.2) is 53.5 Å². The van der Waals surface area contributed by atoms with Crippen LogP contribution in [0.2, 0.25) is 5.82 Å². The van der Waals surface area contributed by atoms with Gasteiger partial charge in [0, 0.05) is 17.3 Å². The van der Waals surface area contributed by atoms with Crippen LogP contribution in [0.4, 0.5) is 0 Å². The molecule has 0 bridgehead atoms. The topological polar surface area (TPSA) is 30.8 Å². The molecular weight excluding hydrogens is 357 g/mol. The zero-order valence-electron chi connectivity index (χ0n) is 19.4. The molecule has 0 aliphatic carbocycles. The second-order valence-electron chi connectivity index (χ2n) is 8.71. The molecule has 1 unspecified atom stereocenters. The zero-order chi connectivity index (χ0) is 21.8. The Hall–Kier alpha value is -2.07. The van der Waals surface area contributed by atoms with E-state index in [1.807, 2.05) is 31.3 Å². The van der Waals surface area contributed by atoms with Gasteiger partial charge in [-0.25, -0.2) is 0 Å². The second-order valence-corrected chi connectivity index (χ2v) is 8.71. The first-order valence-electron chi connectivity index (χ1n) is 10.5. The molecule has 1 aromatic carbocycles. The van der Waals surface area contributed by atoms with Crippen LogP contribution in [0.1, 0.15) is 66.0 Å². The third kappa shape index (κ3) is 4.58. The van der Waals surface area contributed by atoms with Gasteiger partial charge in [-0.15, -0.1) is 0 Å². The number of allylic oxidation sites excluding steroid dienone is 3. The first-order valence-corrected chi connectivity index (χ1v) is 10.5. The molecule has 0 saturated carbocycles. The van der Waals surface area contributed by atoms with E-state index in [2.05, 4.69) is 66.3 Å². The van der Waals surface area contributed by atoms with E-state index in [0.717, 1.165) is 28.7 Å². The van der Waals surface area contributed by atoms with E-state index >= 15 is 0 Å². The molecule has 0 N–H and O–H groups in total. The molecule has 3 nitrogen and oxygen atoms in total. The monoisotopic (exact) mass is 393 g/mol. The normalized spacial score (nSPS) is 21.7. The van der Waals surface area contributed by atoms with Gasteiger partial charge in [-0.1, -0.05) is 64.1 Å². The van der Waals surface area contributed by atoms with Gasteiger partial charge >= 0.3 is 6.92 Å². The molecule has 2 rings (SSSR count). The highest BCUT2D eigenvalue weighted by Gasteiger charge is 2.56. The molecule has 1 aromatic rings. The lowest BCUT2D eigenvalue weighted by Crippen LogP contribution is -2.36. The summed E-state index contributed by atoms with van der Waals surface area (Å²) in [5, 5.41) is 0. The molecule has 0 radical (unpaired) electrons. The number of hydrogen-bond donors (Lipinski definition) is 0. The minimum atomic E-state index is -0.182. The number of aliphatic imine (C=N–C) groups is 1. The van der Waals surface area contributed by atoms with Gasteiger partial charge in [0.1, 0.15) is 5.76 Å². The van der Waals surface area contributed by atoms with Crippen molar-refractivity contribution < 1.29 is 9.39 Å². The van der Waals surface area contributed by atoms with Crippen LogP contribution in [0, 0.1) is 5.41 Å². The van der Waals surface area contributed by atoms with Crippen molar-refractivity contribution in [2.75, 3.05) is 7.11 Å². The van der Waals surface area contributed by atoms with Crippen LogP contribution in [-0.2, 0) is 9.39 Å². The fraction of sp³-hybridized carbons (Fsp3) is 0.480. The maximum Gasteiger partial charge on any atom is 0.332 e. The Labute approximate surface area is 177 Å². The van der Waals surface area contributed by atoms with Gasteiger partial charge in [-0.2, -0.15) is 0 Å². The standard InChI is InChI=1S/C25H36BNO2/c1-10-21(26-23(12-3)24(5,6)25(7,8)29-26)17-27-22(11-2)20-15-13-14-19(16-20)18(4)28-9/h10-11,13-17,23H,4,12H2,1-3,5-9H3/b21-10+,22-11-,27-17+. The molecule has 1 atom stereocenters. The summed E-state index contributed by atoms with van der Waals surface area (Å²) in [5.41, 5.74) is 3.95. The maximum absolute atomic E-state index is 6.55. The first kappa shape index (κ1) is 23.2. The smallest absolute Gasteiger partial charge is 0.332 e. The lowest BCUT2D eigenvalue weighted by Gasteiger charge is -2.37. The highest BCUT2D eigenvalue weighted by Crippen LogP contribution is 2.55. The van der Waals surface area contributed by atoms with Crippen LogP contribution in [0.25, 0.3) is 11.5 Å². The fourth-order valence-corrected chi connectivity index (χ4v) is 4.14. The Kier molecular flexibility index (Phi) is 7.34. The number of ether oxygens (including phenoxy) is 1. The summed E-state index contributed by atoms with van der Waals surface area (Å²) in [5.74, 6) is 1.09. The average molecular weight is 393 g/mol. The molecule has 4 heteroatoms. The highest BCUT2D eigenvalue weighted by atomic mass is 16.5. The molecule has 1 aliphatic heterocycles. The number of rotatable bonds is 7. The predicted molar refractivity (Wildman–Crippen MR) is 127 cm³/mol. The fourth-order valence-electron chi connectivity index (χ4n) is 4.14. The third-order valence-electron chi connectivity index (χ3n) is 6.72. The van der Waals surface area contributed by atoms with Crippen molar-refractivity contribution in [2.24, 2.45) is 10.4 Å². The summed E-state index contributed by atoms with van der Waals surface area (Å²) in [6, 6.07) is 8.11. The summed E-state index contributed by atoms with van der Waals surface area (Å²) in [6.07, 6.45) is 7.20. The first-order chi connectivity index (χ1) is 13.6. The SMILES string of the molecule is C=C(OC)c1cccc(C(=C/C)/N=C/C(=C\C)B2OC(C)(C)C(C)(C)C2CC)c1. The molecule has 156 valence electrons. The van der Waals surface area contributed by atoms with Crippen LogP contribution >= 0.6 is 0 Å². The zero-order valence-corrected chi connectivity index (χ0v) is 19.4. The summed E-state index contributed by atoms with van der Waals surface area (Å²) in [4.78, 5) is 4.84. The van der Waals surface area contributed by atoms with Gasteiger partial charge in [0.05, 0.1) is 18.4 Å². The average Bonchev–Trinajstić information content (AvgIpc) is 2.88. The van der Waals surface area contributed by atoms with Crippen molar-refractivity contribution in [3.8, 4) is 0 Å². The van der Waals surface area contributed by atoms with Gasteiger partial charge in [-0.3, -0.25) is 4.99 Å². The highest BCUT2D eigenvalue weighted by molar-refractivity contribution is 6.68. The Morgan fingerprint density at radius 1 is 1.21 bits per heavy atom. The van der Waals surface area contributed by atoms with Crippen LogP contribution in [0.5, 0.6) is 0 Å². The Morgan fingerprint density at radius 2 is 1.86 bits per heavy atom. The van der Waals surface area contributed by atoms with Crippen molar-refractivity contribution in [1.29, 1.82) is 0 Å². The van der Waals surface area contributed by atoms with Crippen molar-refractivity contribution >= 4 is 24.6 Å². The molecule has 0 amide bonds. The maximum atomic E-state index is 6.55. The summed E-state index contributed by atoms with van der Waals surface area (Å²) in [6.45, 7) is 19.4. The van der Waals surface area contributed by atoms with E-state index in [-0.39, 0.29) is 17.9 Å². The number of methoxy groups -OCH3 is 1. The van der Waals surface area contributed by atoms with Gasteiger partial charge in [-0.05, 0) is 50.5 Å². The third-order valence-corrected chi connectivity index (χ3v) is 6.72. The number of nitrogens with zero attached hydrogens (tertiary/aromatic N) is 1. The van der Waals surface area contributed by atoms with Crippen molar-refractivity contribution in [3.63, 3.8) is 0 Å². The van der Waals surface area contributed by atoms with E-state index in [1.54, 1.807) is 7.11 Å². The quantitative estimate of drug-likeness (QED) is 0.289. The van der Waals surface area contributed by atoms with E-state index in [0.29, 0.717) is 11.6 Å². The largest absolute Gasteiger partial charge is 0.497 e. The van der Waals surface area contributed by atoms with Crippen molar-refractivity contribution in [3.05, 3.63) is 59.6 Å². The molecule has 29 heavy (non-hydrogen) atoms. The Morgan fingerprint density at radius 3 is 2.41 bits per heavy atom. The van der Waals surface area contributed by atoms with E-state index in [1.165, 1.54) is 0 Å². The van der Waals surface area contributed by atoms with Gasteiger partial charge in [0.15, 0.2) is 0 Å². The van der Waals surface area contributed by atoms with Crippen LogP contribution in [0.3, 0.4) is 0 Å². The second kappa shape index (κ2) is 9.17. The predicted octanol–water partition coefficient (Wildman–Crippen LogP) is 6.83. The van der Waals surface area contributed by atoms with Gasteiger partial charge in [0.25, 0.3) is 0 Å². The molecule has 1 heterocycles. The summed E-state index contributed by atoms with van der Waals surface area (Å²) >= 11 is 0. The summed E-state index contributed by atoms with van der Waals surface area (Å²) < 4.78 is 11.8. The minimum Gasteiger partial charge on any atom is -0.497 e. The van der Waals surface area contributed by atoms with E-state index < -0.39 is 0 Å². The molecule has 0 aromatic heterocycles. The summed E-state index contributed by atoms with van der Waals surface area (Å²) in [7, 11) is 1.64.